The lowest BCUT2D eigenvalue weighted by Gasteiger charge is -2.18. The number of nitrogens with two attached hydrogens (primary N) is 1. The molecule has 4 N–H and O–H groups in total. The van der Waals surface area contributed by atoms with Gasteiger partial charge in [0.2, 0.25) is 11.8 Å². The number of nitrogens with one attached hydrogen (secondary N) is 2. The van der Waals surface area contributed by atoms with E-state index in [1.165, 1.54) is 17.1 Å². The zero-order valence-corrected chi connectivity index (χ0v) is 22.7. The highest BCUT2D eigenvalue weighted by atomic mass is 35.5. The molecule has 0 aliphatic carbocycles. The minimum Gasteiger partial charge on any atom is -0.462 e. The van der Waals surface area contributed by atoms with Crippen LogP contribution in [0.25, 0.3) is 11.8 Å². The molecule has 41 heavy (non-hydrogen) atoms. The van der Waals surface area contributed by atoms with E-state index in [-0.39, 0.29) is 13.0 Å². The van der Waals surface area contributed by atoms with Crippen LogP contribution >= 0.6 is 11.6 Å². The highest BCUT2D eigenvalue weighted by Gasteiger charge is 2.21. The molecular weight excluding hydrogens is 546 g/mol. The van der Waals surface area contributed by atoms with Crippen molar-refractivity contribution in [3.8, 4) is 5.69 Å². The van der Waals surface area contributed by atoms with Crippen LogP contribution in [0.2, 0.25) is 5.02 Å². The minimum absolute atomic E-state index is 0.236. The van der Waals surface area contributed by atoms with Gasteiger partial charge in [-0.25, -0.2) is 4.79 Å². The van der Waals surface area contributed by atoms with E-state index in [0.29, 0.717) is 40.5 Å². The van der Waals surface area contributed by atoms with Gasteiger partial charge in [0.05, 0.1) is 17.9 Å². The number of anilines is 1. The molecule has 2 amide bonds. The molecule has 0 fully saturated rings. The number of ether oxygens (including phenoxy) is 1. The molecular formula is C29H28ClN7O4. The summed E-state index contributed by atoms with van der Waals surface area (Å²) in [5, 5.41) is 17.2. The summed E-state index contributed by atoms with van der Waals surface area (Å²) in [6.07, 6.45) is 5.14. The Morgan fingerprint density at radius 1 is 1.05 bits per heavy atom. The molecule has 0 aliphatic rings. The molecule has 4 aromatic rings. The Hall–Kier alpha value is -4.87. The molecule has 3 aromatic carbocycles. The fourth-order valence-electron chi connectivity index (χ4n) is 3.83. The smallest absolute Gasteiger partial charge is 0.338 e. The third-order valence-corrected chi connectivity index (χ3v) is 6.12. The molecule has 210 valence electrons. The van der Waals surface area contributed by atoms with Crippen LogP contribution in [0.15, 0.2) is 85.2 Å². The van der Waals surface area contributed by atoms with Gasteiger partial charge >= 0.3 is 5.97 Å². The Balaban J connectivity index is 1.46. The van der Waals surface area contributed by atoms with Crippen molar-refractivity contribution in [1.29, 1.82) is 0 Å². The second kappa shape index (κ2) is 14.5. The maximum Gasteiger partial charge on any atom is 0.338 e. The molecule has 0 spiro atoms. The van der Waals surface area contributed by atoms with Crippen molar-refractivity contribution in [3.63, 3.8) is 0 Å². The Kier molecular flexibility index (Phi) is 10.3. The molecule has 1 aromatic heterocycles. The Morgan fingerprint density at radius 3 is 2.54 bits per heavy atom. The van der Waals surface area contributed by atoms with Gasteiger partial charge in [0.15, 0.2) is 0 Å². The van der Waals surface area contributed by atoms with E-state index in [1.54, 1.807) is 48.5 Å². The summed E-state index contributed by atoms with van der Waals surface area (Å²) in [6, 6.07) is 19.8. The summed E-state index contributed by atoms with van der Waals surface area (Å²) in [5.74, 6) is -1.38. The molecule has 0 saturated carbocycles. The maximum atomic E-state index is 13.3. The van der Waals surface area contributed by atoms with Gasteiger partial charge in [-0.05, 0) is 77.5 Å². The molecule has 12 heteroatoms. The van der Waals surface area contributed by atoms with Crippen molar-refractivity contribution in [2.45, 2.75) is 18.9 Å². The summed E-state index contributed by atoms with van der Waals surface area (Å²) in [4.78, 5) is 38.4. The quantitative estimate of drug-likeness (QED) is 0.133. The first kappa shape index (κ1) is 29.1. The Labute approximate surface area is 241 Å². The zero-order valence-electron chi connectivity index (χ0n) is 21.9. The Morgan fingerprint density at radius 2 is 1.83 bits per heavy atom. The third kappa shape index (κ3) is 8.56. The lowest BCUT2D eigenvalue weighted by atomic mass is 10.0. The van der Waals surface area contributed by atoms with Gasteiger partial charge in [0, 0.05) is 28.8 Å². The van der Waals surface area contributed by atoms with Gasteiger partial charge in [-0.15, -0.1) is 5.10 Å². The van der Waals surface area contributed by atoms with Crippen molar-refractivity contribution in [3.05, 3.63) is 107 Å². The number of halogens is 1. The number of hydrogen-bond donors (Lipinski definition) is 3. The van der Waals surface area contributed by atoms with E-state index in [9.17, 15) is 14.4 Å². The van der Waals surface area contributed by atoms with Crippen molar-refractivity contribution >= 4 is 41.1 Å². The number of esters is 1. The summed E-state index contributed by atoms with van der Waals surface area (Å²) in [7, 11) is 0. The fourth-order valence-corrected chi connectivity index (χ4v) is 4.01. The lowest BCUT2D eigenvalue weighted by molar-refractivity contribution is -0.123. The van der Waals surface area contributed by atoms with Crippen LogP contribution < -0.4 is 16.4 Å². The summed E-state index contributed by atoms with van der Waals surface area (Å²) < 4.78 is 6.60. The number of amides is 2. The number of benzene rings is 3. The standard InChI is InChI=1S/C29H28ClN7O4/c30-23-10-13-26(37-19-32-35-36-37)22(18-23)9-14-27(38)34-25(17-20-5-2-1-3-6-20)28(39)33-24-11-7-21(8-12-24)29(40)41-16-4-15-31/h1-3,5-14,18-19,25H,4,15-17,31H2,(H,33,39)(H,34,38)/b14-9+/t25-/m0/s1. The number of hydrogen-bond acceptors (Lipinski definition) is 8. The van der Waals surface area contributed by atoms with Gasteiger partial charge in [-0.1, -0.05) is 41.9 Å². The SMILES string of the molecule is NCCCOC(=O)c1ccc(NC(=O)[C@H](Cc2ccccc2)NC(=O)/C=C/c2cc(Cl)ccc2-n2cnnn2)cc1. The van der Waals surface area contributed by atoms with Crippen LogP contribution in [0.1, 0.15) is 27.9 Å². The van der Waals surface area contributed by atoms with E-state index in [0.717, 1.165) is 5.56 Å². The summed E-state index contributed by atoms with van der Waals surface area (Å²) >= 11 is 6.16. The number of carbonyl (C=O) groups is 3. The second-order valence-electron chi connectivity index (χ2n) is 8.89. The van der Waals surface area contributed by atoms with Gasteiger partial charge in [0.25, 0.3) is 0 Å². The molecule has 0 radical (unpaired) electrons. The molecule has 11 nitrogen and oxygen atoms in total. The number of aromatic nitrogens is 4. The maximum absolute atomic E-state index is 13.3. The molecule has 0 saturated heterocycles. The first-order valence-electron chi connectivity index (χ1n) is 12.8. The summed E-state index contributed by atoms with van der Waals surface area (Å²) in [5.41, 5.74) is 8.32. The highest BCUT2D eigenvalue weighted by molar-refractivity contribution is 6.30. The van der Waals surface area contributed by atoms with Crippen molar-refractivity contribution < 1.29 is 19.1 Å². The van der Waals surface area contributed by atoms with E-state index in [1.807, 2.05) is 30.3 Å². The molecule has 4 rings (SSSR count). The first-order valence-corrected chi connectivity index (χ1v) is 13.1. The van der Waals surface area contributed by atoms with E-state index in [4.69, 9.17) is 22.1 Å². The first-order chi connectivity index (χ1) is 19.9. The molecule has 0 bridgehead atoms. The van der Waals surface area contributed by atoms with Gasteiger partial charge in [0.1, 0.15) is 12.4 Å². The van der Waals surface area contributed by atoms with Crippen molar-refractivity contribution in [1.82, 2.24) is 25.5 Å². The molecule has 0 unspecified atom stereocenters. The van der Waals surface area contributed by atoms with E-state index in [2.05, 4.69) is 26.2 Å². The van der Waals surface area contributed by atoms with Crippen LogP contribution in [0.4, 0.5) is 5.69 Å². The number of nitrogens with zero attached hydrogens (tertiary/aromatic N) is 4. The minimum atomic E-state index is -0.895. The van der Waals surface area contributed by atoms with Crippen LogP contribution in [0, 0.1) is 0 Å². The summed E-state index contributed by atoms with van der Waals surface area (Å²) in [6.45, 7) is 0.663. The van der Waals surface area contributed by atoms with Gasteiger partial charge in [-0.3, -0.25) is 9.59 Å². The van der Waals surface area contributed by atoms with Crippen LogP contribution in [0.5, 0.6) is 0 Å². The van der Waals surface area contributed by atoms with Gasteiger partial charge in [-0.2, -0.15) is 4.68 Å². The second-order valence-corrected chi connectivity index (χ2v) is 9.32. The predicted octanol–water partition coefficient (Wildman–Crippen LogP) is 3.20. The molecule has 1 atom stereocenters. The molecule has 1 heterocycles. The predicted molar refractivity (Wildman–Crippen MR) is 154 cm³/mol. The Bertz CT molecular complexity index is 1490. The average molecular weight is 574 g/mol. The number of rotatable bonds is 12. The van der Waals surface area contributed by atoms with Crippen LogP contribution in [0.3, 0.4) is 0 Å². The van der Waals surface area contributed by atoms with Crippen molar-refractivity contribution in [2.75, 3.05) is 18.5 Å². The largest absolute Gasteiger partial charge is 0.462 e. The van der Waals surface area contributed by atoms with Crippen LogP contribution in [-0.4, -0.2) is 57.2 Å². The van der Waals surface area contributed by atoms with Crippen LogP contribution in [-0.2, 0) is 20.7 Å². The third-order valence-electron chi connectivity index (χ3n) is 5.89. The van der Waals surface area contributed by atoms with Gasteiger partial charge < -0.3 is 21.1 Å². The zero-order chi connectivity index (χ0) is 29.0. The van der Waals surface area contributed by atoms with E-state index < -0.39 is 23.8 Å². The fraction of sp³-hybridized carbons (Fsp3) is 0.172. The normalized spacial score (nSPS) is 11.7. The number of tetrazole rings is 1. The average Bonchev–Trinajstić information content (AvgIpc) is 3.52. The van der Waals surface area contributed by atoms with E-state index >= 15 is 0 Å². The molecule has 0 aliphatic heterocycles. The van der Waals surface area contributed by atoms with Crippen molar-refractivity contribution in [2.24, 2.45) is 5.73 Å². The monoisotopic (exact) mass is 573 g/mol. The highest BCUT2D eigenvalue weighted by Crippen LogP contribution is 2.20. The topological polar surface area (TPSA) is 154 Å². The number of carbonyl (C=O) groups excluding carboxylic acids is 3. The lowest BCUT2D eigenvalue weighted by Crippen LogP contribution is -2.44.